The fourth-order valence-corrected chi connectivity index (χ4v) is 2.89. The van der Waals surface area contributed by atoms with Gasteiger partial charge < -0.3 is 15.0 Å². The first kappa shape index (κ1) is 19.8. The molecule has 0 aliphatic rings. The Hall–Kier alpha value is -2.53. The molecule has 0 spiro atoms. The summed E-state index contributed by atoms with van der Waals surface area (Å²) in [6.07, 6.45) is 0.321. The van der Waals surface area contributed by atoms with Crippen molar-refractivity contribution in [3.63, 3.8) is 0 Å². The van der Waals surface area contributed by atoms with Crippen LogP contribution in [0.15, 0.2) is 42.5 Å². The first-order valence-electron chi connectivity index (χ1n) is 8.35. The van der Waals surface area contributed by atoms with Gasteiger partial charge in [-0.05, 0) is 36.2 Å². The number of benzene rings is 2. The molecule has 0 aliphatic heterocycles. The lowest BCUT2D eigenvalue weighted by molar-refractivity contribution is -0.121. The Bertz CT molecular complexity index is 792. The van der Waals surface area contributed by atoms with Crippen molar-refractivity contribution in [1.82, 2.24) is 5.32 Å². The van der Waals surface area contributed by atoms with Crippen molar-refractivity contribution < 1.29 is 14.3 Å². The van der Waals surface area contributed by atoms with Crippen molar-refractivity contribution in [3.8, 4) is 5.75 Å². The molecule has 0 saturated carbocycles. The summed E-state index contributed by atoms with van der Waals surface area (Å²) >= 11 is 6.14. The number of hydrogen-bond donors (Lipinski definition) is 1. The van der Waals surface area contributed by atoms with Crippen molar-refractivity contribution in [3.05, 3.63) is 58.6 Å². The zero-order chi connectivity index (χ0) is 19.1. The molecule has 0 aromatic heterocycles. The van der Waals surface area contributed by atoms with Crippen molar-refractivity contribution >= 4 is 29.1 Å². The van der Waals surface area contributed by atoms with Gasteiger partial charge >= 0.3 is 0 Å². The van der Waals surface area contributed by atoms with Crippen LogP contribution in [0, 0.1) is 6.92 Å². The van der Waals surface area contributed by atoms with Gasteiger partial charge in [0.1, 0.15) is 5.75 Å². The molecule has 1 N–H and O–H groups in total. The summed E-state index contributed by atoms with van der Waals surface area (Å²) in [5, 5.41) is 3.29. The Morgan fingerprint density at radius 3 is 2.54 bits per heavy atom. The van der Waals surface area contributed by atoms with Crippen LogP contribution in [-0.4, -0.2) is 32.0 Å². The first-order valence-corrected chi connectivity index (χ1v) is 8.73. The van der Waals surface area contributed by atoms with Gasteiger partial charge in [0, 0.05) is 25.7 Å². The number of aryl methyl sites for hydroxylation is 1. The Balaban J connectivity index is 1.94. The van der Waals surface area contributed by atoms with E-state index in [0.29, 0.717) is 36.0 Å². The molecule has 2 amide bonds. The van der Waals surface area contributed by atoms with E-state index < -0.39 is 0 Å². The highest BCUT2D eigenvalue weighted by Gasteiger charge is 2.14. The monoisotopic (exact) mass is 374 g/mol. The van der Waals surface area contributed by atoms with Crippen LogP contribution in [0.3, 0.4) is 0 Å². The van der Waals surface area contributed by atoms with E-state index in [-0.39, 0.29) is 11.8 Å². The fourth-order valence-electron chi connectivity index (χ4n) is 2.64. The lowest BCUT2D eigenvalue weighted by Gasteiger charge is -2.22. The predicted octanol–water partition coefficient (Wildman–Crippen LogP) is 3.37. The largest absolute Gasteiger partial charge is 0.495 e. The van der Waals surface area contributed by atoms with E-state index in [1.165, 1.54) is 14.0 Å². The first-order chi connectivity index (χ1) is 12.4. The molecule has 0 aliphatic carbocycles. The number of anilines is 1. The molecule has 0 saturated heterocycles. The molecule has 0 heterocycles. The molecule has 0 radical (unpaired) electrons. The summed E-state index contributed by atoms with van der Waals surface area (Å²) in [6.45, 7) is 4.17. The van der Waals surface area contributed by atoms with Gasteiger partial charge in [-0.3, -0.25) is 9.59 Å². The summed E-state index contributed by atoms with van der Waals surface area (Å²) in [5.41, 5.74) is 2.74. The molecule has 26 heavy (non-hydrogen) atoms. The van der Waals surface area contributed by atoms with Crippen LogP contribution >= 0.6 is 11.6 Å². The van der Waals surface area contributed by atoms with Gasteiger partial charge in [-0.2, -0.15) is 0 Å². The molecule has 0 atom stereocenters. The van der Waals surface area contributed by atoms with Crippen molar-refractivity contribution in [1.29, 1.82) is 0 Å². The second kappa shape index (κ2) is 9.25. The van der Waals surface area contributed by atoms with E-state index in [2.05, 4.69) is 5.32 Å². The number of carbonyl (C=O) groups is 2. The molecule has 2 rings (SSSR count). The van der Waals surface area contributed by atoms with Crippen molar-refractivity contribution in [2.45, 2.75) is 20.3 Å². The third-order valence-electron chi connectivity index (χ3n) is 4.10. The maximum absolute atomic E-state index is 12.1. The van der Waals surface area contributed by atoms with Gasteiger partial charge in [-0.25, -0.2) is 0 Å². The van der Waals surface area contributed by atoms with E-state index >= 15 is 0 Å². The molecule has 2 aromatic carbocycles. The van der Waals surface area contributed by atoms with Gasteiger partial charge in [-0.15, -0.1) is 0 Å². The normalized spacial score (nSPS) is 10.3. The fraction of sp³-hybridized carbons (Fsp3) is 0.300. The highest BCUT2D eigenvalue weighted by molar-refractivity contribution is 6.32. The number of methoxy groups -OCH3 is 1. The highest BCUT2D eigenvalue weighted by atomic mass is 35.5. The van der Waals surface area contributed by atoms with Crippen molar-refractivity contribution in [2.75, 3.05) is 25.1 Å². The number of halogens is 1. The minimum atomic E-state index is -0.126. The molecule has 0 unspecified atom stereocenters. The maximum atomic E-state index is 12.1. The van der Waals surface area contributed by atoms with Crippen LogP contribution in [0.25, 0.3) is 0 Å². The summed E-state index contributed by atoms with van der Waals surface area (Å²) in [5.74, 6) is 0.348. The predicted molar refractivity (Wildman–Crippen MR) is 104 cm³/mol. The SMILES string of the molecule is COc1ccc(N(CCNC(=O)Cc2ccccc2C)C(C)=O)cc1Cl. The number of carbonyl (C=O) groups excluding carboxylic acids is 2. The van der Waals surface area contributed by atoms with Gasteiger partial charge in [0.25, 0.3) is 0 Å². The molecular formula is C20H23ClN2O3. The van der Waals surface area contributed by atoms with Crippen LogP contribution in [0.5, 0.6) is 5.75 Å². The number of ether oxygens (including phenoxy) is 1. The van der Waals surface area contributed by atoms with E-state index in [0.717, 1.165) is 11.1 Å². The lowest BCUT2D eigenvalue weighted by atomic mass is 10.1. The summed E-state index contributed by atoms with van der Waals surface area (Å²) in [7, 11) is 1.54. The topological polar surface area (TPSA) is 58.6 Å². The lowest BCUT2D eigenvalue weighted by Crippen LogP contribution is -2.38. The van der Waals surface area contributed by atoms with Crippen LogP contribution in [-0.2, 0) is 16.0 Å². The molecular weight excluding hydrogens is 352 g/mol. The molecule has 0 fully saturated rings. The zero-order valence-corrected chi connectivity index (χ0v) is 16.0. The maximum Gasteiger partial charge on any atom is 0.224 e. The van der Waals surface area contributed by atoms with Gasteiger partial charge in [0.2, 0.25) is 11.8 Å². The number of amides is 2. The third kappa shape index (κ3) is 5.23. The zero-order valence-electron chi connectivity index (χ0n) is 15.2. The Morgan fingerprint density at radius 1 is 1.19 bits per heavy atom. The third-order valence-corrected chi connectivity index (χ3v) is 4.39. The Kier molecular flexibility index (Phi) is 7.04. The molecule has 0 bridgehead atoms. The number of rotatable bonds is 7. The summed E-state index contributed by atoms with van der Waals surface area (Å²) < 4.78 is 5.13. The van der Waals surface area contributed by atoms with E-state index in [1.807, 2.05) is 31.2 Å². The number of nitrogens with one attached hydrogen (secondary N) is 1. The molecule has 5 nitrogen and oxygen atoms in total. The number of hydrogen-bond acceptors (Lipinski definition) is 3. The molecule has 138 valence electrons. The van der Waals surface area contributed by atoms with E-state index in [1.54, 1.807) is 23.1 Å². The van der Waals surface area contributed by atoms with Crippen LogP contribution in [0.1, 0.15) is 18.1 Å². The summed E-state index contributed by atoms with van der Waals surface area (Å²) in [4.78, 5) is 25.7. The minimum Gasteiger partial charge on any atom is -0.495 e. The van der Waals surface area contributed by atoms with E-state index in [4.69, 9.17) is 16.3 Å². The summed E-state index contributed by atoms with van der Waals surface area (Å²) in [6, 6.07) is 12.9. The Labute approximate surface area is 158 Å². The standard InChI is InChI=1S/C20H23ClN2O3/c1-14-6-4-5-7-16(14)12-20(25)22-10-11-23(15(2)24)17-8-9-19(26-3)18(21)13-17/h4-9,13H,10-12H2,1-3H3,(H,22,25). The average Bonchev–Trinajstić information content (AvgIpc) is 2.60. The van der Waals surface area contributed by atoms with Gasteiger partial charge in [0.15, 0.2) is 0 Å². The van der Waals surface area contributed by atoms with Crippen LogP contribution in [0.2, 0.25) is 5.02 Å². The van der Waals surface area contributed by atoms with Crippen LogP contribution < -0.4 is 15.0 Å². The van der Waals surface area contributed by atoms with Gasteiger partial charge in [-0.1, -0.05) is 35.9 Å². The van der Waals surface area contributed by atoms with Crippen LogP contribution in [0.4, 0.5) is 5.69 Å². The van der Waals surface area contributed by atoms with E-state index in [9.17, 15) is 9.59 Å². The highest BCUT2D eigenvalue weighted by Crippen LogP contribution is 2.29. The Morgan fingerprint density at radius 2 is 1.92 bits per heavy atom. The average molecular weight is 375 g/mol. The van der Waals surface area contributed by atoms with Gasteiger partial charge in [0.05, 0.1) is 18.6 Å². The number of nitrogens with zero attached hydrogens (tertiary/aromatic N) is 1. The second-order valence-corrected chi connectivity index (χ2v) is 6.35. The quantitative estimate of drug-likeness (QED) is 0.808. The second-order valence-electron chi connectivity index (χ2n) is 5.94. The molecule has 6 heteroatoms. The smallest absolute Gasteiger partial charge is 0.224 e. The van der Waals surface area contributed by atoms with Crippen molar-refractivity contribution in [2.24, 2.45) is 0 Å². The molecule has 2 aromatic rings. The minimum absolute atomic E-state index is 0.0736.